The van der Waals surface area contributed by atoms with Crippen LogP contribution in [0.4, 0.5) is 0 Å². The molecule has 1 heterocycles. The highest BCUT2D eigenvalue weighted by atomic mass is 35.5. The maximum atomic E-state index is 5.55. The third-order valence-corrected chi connectivity index (χ3v) is 4.10. The summed E-state index contributed by atoms with van der Waals surface area (Å²) in [6.45, 7) is 4.35. The number of halogens is 1. The Morgan fingerprint density at radius 1 is 1.08 bits per heavy atom. The highest BCUT2D eigenvalue weighted by molar-refractivity contribution is 5.85. The molecule has 0 saturated heterocycles. The second-order valence-corrected chi connectivity index (χ2v) is 5.70. The van der Waals surface area contributed by atoms with Crippen molar-refractivity contribution in [2.24, 2.45) is 0 Å². The summed E-state index contributed by atoms with van der Waals surface area (Å²) >= 11 is 0. The summed E-state index contributed by atoms with van der Waals surface area (Å²) in [5.74, 6) is 1.58. The van der Waals surface area contributed by atoms with Gasteiger partial charge < -0.3 is 19.8 Å². The van der Waals surface area contributed by atoms with Crippen LogP contribution in [0.3, 0.4) is 0 Å². The van der Waals surface area contributed by atoms with Gasteiger partial charge >= 0.3 is 0 Å². The largest absolute Gasteiger partial charge is 0.493 e. The molecule has 134 valence electrons. The Bertz CT molecular complexity index is 801. The van der Waals surface area contributed by atoms with Gasteiger partial charge in [0.15, 0.2) is 11.5 Å². The lowest BCUT2D eigenvalue weighted by Crippen LogP contribution is -2.16. The lowest BCUT2D eigenvalue weighted by Gasteiger charge is -2.11. The van der Waals surface area contributed by atoms with Crippen LogP contribution in [0.15, 0.2) is 48.7 Å². The maximum Gasteiger partial charge on any atom is 0.161 e. The predicted octanol–water partition coefficient (Wildman–Crippen LogP) is 4.33. The van der Waals surface area contributed by atoms with Gasteiger partial charge in [0.2, 0.25) is 0 Å². The number of nitrogens with one attached hydrogen (secondary N) is 2. The van der Waals surface area contributed by atoms with Gasteiger partial charge in [0.1, 0.15) is 0 Å². The normalized spacial score (nSPS) is 10.5. The monoisotopic (exact) mass is 360 g/mol. The van der Waals surface area contributed by atoms with Crippen molar-refractivity contribution < 1.29 is 9.47 Å². The van der Waals surface area contributed by atoms with Gasteiger partial charge in [-0.2, -0.15) is 0 Å². The topological polar surface area (TPSA) is 46.3 Å². The molecule has 0 aliphatic carbocycles. The first-order chi connectivity index (χ1) is 11.8. The number of hydrogen-bond donors (Lipinski definition) is 2. The van der Waals surface area contributed by atoms with Gasteiger partial charge in [-0.3, -0.25) is 0 Å². The third kappa shape index (κ3) is 4.68. The maximum absolute atomic E-state index is 5.55. The standard InChI is InChI=1S/C20H24N2O2.ClH/c1-3-24-19-9-8-15(12-20(19)23-2)13-21-11-10-16-14-22-18-7-5-4-6-17(16)18;/h4-9,12,14,21-22H,3,10-11,13H2,1-2H3;1H. The number of fused-ring (bicyclic) bond motifs is 1. The molecular weight excluding hydrogens is 336 g/mol. The van der Waals surface area contributed by atoms with E-state index < -0.39 is 0 Å². The first kappa shape index (κ1) is 19.2. The zero-order valence-corrected chi connectivity index (χ0v) is 15.5. The van der Waals surface area contributed by atoms with Crippen molar-refractivity contribution in [3.63, 3.8) is 0 Å². The molecule has 0 spiro atoms. The van der Waals surface area contributed by atoms with Crippen LogP contribution in [0.2, 0.25) is 0 Å². The van der Waals surface area contributed by atoms with Crippen LogP contribution in [-0.2, 0) is 13.0 Å². The van der Waals surface area contributed by atoms with E-state index in [2.05, 4.69) is 46.8 Å². The van der Waals surface area contributed by atoms with Gasteiger partial charge in [-0.1, -0.05) is 24.3 Å². The van der Waals surface area contributed by atoms with E-state index in [0.29, 0.717) is 6.61 Å². The smallest absolute Gasteiger partial charge is 0.161 e. The molecule has 0 bridgehead atoms. The molecule has 3 rings (SSSR count). The number of ether oxygens (including phenoxy) is 2. The second-order valence-electron chi connectivity index (χ2n) is 5.70. The molecule has 0 aliphatic heterocycles. The van der Waals surface area contributed by atoms with E-state index in [0.717, 1.165) is 31.0 Å². The number of aromatic nitrogens is 1. The van der Waals surface area contributed by atoms with Crippen LogP contribution in [-0.4, -0.2) is 25.2 Å². The number of para-hydroxylation sites is 1. The molecule has 5 heteroatoms. The first-order valence-electron chi connectivity index (χ1n) is 8.37. The fourth-order valence-electron chi connectivity index (χ4n) is 2.89. The summed E-state index contributed by atoms with van der Waals surface area (Å²) in [5, 5.41) is 4.80. The molecule has 1 aromatic heterocycles. The average molecular weight is 361 g/mol. The minimum atomic E-state index is 0. The van der Waals surface area contributed by atoms with Crippen molar-refractivity contribution in [3.8, 4) is 11.5 Å². The Morgan fingerprint density at radius 3 is 2.72 bits per heavy atom. The average Bonchev–Trinajstić information content (AvgIpc) is 3.03. The molecule has 0 unspecified atom stereocenters. The molecule has 0 aliphatic rings. The Hall–Kier alpha value is -2.17. The van der Waals surface area contributed by atoms with Gasteiger partial charge in [-0.05, 0) is 49.2 Å². The SMILES string of the molecule is CCOc1ccc(CNCCc2c[nH]c3ccccc23)cc1OC.Cl. The highest BCUT2D eigenvalue weighted by Crippen LogP contribution is 2.28. The molecule has 0 fully saturated rings. The lowest BCUT2D eigenvalue weighted by atomic mass is 10.1. The third-order valence-electron chi connectivity index (χ3n) is 4.10. The summed E-state index contributed by atoms with van der Waals surface area (Å²) in [5.41, 5.74) is 3.74. The van der Waals surface area contributed by atoms with Crippen molar-refractivity contribution in [1.82, 2.24) is 10.3 Å². The molecule has 0 radical (unpaired) electrons. The van der Waals surface area contributed by atoms with Crippen molar-refractivity contribution in [1.29, 1.82) is 0 Å². The van der Waals surface area contributed by atoms with Gasteiger partial charge in [-0.15, -0.1) is 12.4 Å². The number of hydrogen-bond acceptors (Lipinski definition) is 3. The second kappa shape index (κ2) is 9.35. The van der Waals surface area contributed by atoms with Crippen LogP contribution in [0.1, 0.15) is 18.1 Å². The number of benzene rings is 2. The molecule has 2 N–H and O–H groups in total. The Kier molecular flexibility index (Phi) is 7.16. The van der Waals surface area contributed by atoms with Crippen molar-refractivity contribution >= 4 is 23.3 Å². The van der Waals surface area contributed by atoms with Crippen LogP contribution in [0.25, 0.3) is 10.9 Å². The summed E-state index contributed by atoms with van der Waals surface area (Å²) in [4.78, 5) is 3.32. The minimum absolute atomic E-state index is 0. The fourth-order valence-corrected chi connectivity index (χ4v) is 2.89. The first-order valence-corrected chi connectivity index (χ1v) is 8.37. The van der Waals surface area contributed by atoms with E-state index in [4.69, 9.17) is 9.47 Å². The molecule has 4 nitrogen and oxygen atoms in total. The van der Waals surface area contributed by atoms with Crippen LogP contribution in [0, 0.1) is 0 Å². The molecule has 0 atom stereocenters. The van der Waals surface area contributed by atoms with Gasteiger partial charge in [0, 0.05) is 23.6 Å². The number of rotatable bonds is 8. The van der Waals surface area contributed by atoms with Gasteiger partial charge in [0.25, 0.3) is 0 Å². The number of H-pyrrole nitrogens is 1. The summed E-state index contributed by atoms with van der Waals surface area (Å²) < 4.78 is 10.9. The number of aromatic amines is 1. The summed E-state index contributed by atoms with van der Waals surface area (Å²) in [7, 11) is 1.67. The van der Waals surface area contributed by atoms with Crippen molar-refractivity contribution in [3.05, 3.63) is 59.8 Å². The van der Waals surface area contributed by atoms with Crippen LogP contribution < -0.4 is 14.8 Å². The quantitative estimate of drug-likeness (QED) is 0.588. The predicted molar refractivity (Wildman–Crippen MR) is 105 cm³/mol. The minimum Gasteiger partial charge on any atom is -0.493 e. The van der Waals surface area contributed by atoms with Gasteiger partial charge in [-0.25, -0.2) is 0 Å². The van der Waals surface area contributed by atoms with Crippen LogP contribution in [0.5, 0.6) is 11.5 Å². The molecular formula is C20H25ClN2O2. The molecule has 3 aromatic rings. The van der Waals surface area contributed by atoms with E-state index in [9.17, 15) is 0 Å². The van der Waals surface area contributed by atoms with E-state index in [1.165, 1.54) is 22.0 Å². The molecule has 25 heavy (non-hydrogen) atoms. The molecule has 2 aromatic carbocycles. The number of methoxy groups -OCH3 is 1. The molecule has 0 amide bonds. The van der Waals surface area contributed by atoms with E-state index in [1.54, 1.807) is 7.11 Å². The van der Waals surface area contributed by atoms with E-state index >= 15 is 0 Å². The van der Waals surface area contributed by atoms with Gasteiger partial charge in [0.05, 0.1) is 13.7 Å². The van der Waals surface area contributed by atoms with Crippen molar-refractivity contribution in [2.75, 3.05) is 20.3 Å². The summed E-state index contributed by atoms with van der Waals surface area (Å²) in [6, 6.07) is 14.5. The lowest BCUT2D eigenvalue weighted by molar-refractivity contribution is 0.310. The zero-order valence-electron chi connectivity index (χ0n) is 14.7. The van der Waals surface area contributed by atoms with E-state index in [1.807, 2.05) is 19.1 Å². The zero-order chi connectivity index (χ0) is 16.8. The Balaban J connectivity index is 0.00000225. The fraction of sp³-hybridized carbons (Fsp3) is 0.300. The van der Waals surface area contributed by atoms with E-state index in [-0.39, 0.29) is 12.4 Å². The van der Waals surface area contributed by atoms with Crippen LogP contribution >= 0.6 is 12.4 Å². The van der Waals surface area contributed by atoms with Crippen molar-refractivity contribution in [2.45, 2.75) is 19.9 Å². The molecule has 0 saturated carbocycles. The Labute approximate surface area is 154 Å². The Morgan fingerprint density at radius 2 is 1.92 bits per heavy atom. The highest BCUT2D eigenvalue weighted by Gasteiger charge is 2.06. The summed E-state index contributed by atoms with van der Waals surface area (Å²) in [6.07, 6.45) is 3.10.